The number of ether oxygens (including phenoxy) is 2. The minimum absolute atomic E-state index is 0.0527. The third-order valence-corrected chi connectivity index (χ3v) is 12.8. The van der Waals surface area contributed by atoms with Gasteiger partial charge in [-0.15, -0.1) is 0 Å². The Bertz CT molecular complexity index is 1040. The molecule has 3 atom stereocenters. The van der Waals surface area contributed by atoms with Crippen molar-refractivity contribution in [3.05, 3.63) is 24.3 Å². The van der Waals surface area contributed by atoms with E-state index in [9.17, 15) is 19.4 Å². The van der Waals surface area contributed by atoms with Crippen molar-refractivity contribution in [3.63, 3.8) is 0 Å². The molecule has 63 heavy (non-hydrogen) atoms. The number of allylic oxidation sites excluding steroid dienone is 4. The second-order valence-corrected chi connectivity index (χ2v) is 19.7. The molecule has 374 valence electrons. The number of aliphatic hydroxyl groups is 2. The molecule has 3 unspecified atom stereocenters. The summed E-state index contributed by atoms with van der Waals surface area (Å²) < 4.78 is 33.6. The molecule has 3 N–H and O–H groups in total. The maximum atomic E-state index is 12.7. The van der Waals surface area contributed by atoms with E-state index >= 15 is 0 Å². The van der Waals surface area contributed by atoms with Crippen LogP contribution in [0.3, 0.4) is 0 Å². The molecular weight excluding hydrogens is 812 g/mol. The van der Waals surface area contributed by atoms with E-state index in [0.717, 1.165) is 38.5 Å². The number of hydrogen-bond donors (Lipinski definition) is 3. The molecule has 0 aliphatic heterocycles. The summed E-state index contributed by atoms with van der Waals surface area (Å²) in [6.07, 6.45) is 55.7. The second-order valence-electron chi connectivity index (χ2n) is 18.3. The van der Waals surface area contributed by atoms with Crippen molar-refractivity contribution < 1.29 is 43.0 Å². The fraction of sp³-hybridized carbons (Fsp3) is 0.906. The topological polar surface area (TPSA) is 132 Å². The van der Waals surface area contributed by atoms with Crippen molar-refractivity contribution in [3.8, 4) is 0 Å². The van der Waals surface area contributed by atoms with E-state index in [4.69, 9.17) is 23.6 Å². The highest BCUT2D eigenvalue weighted by Crippen LogP contribution is 2.43. The molecule has 0 saturated carbocycles. The van der Waals surface area contributed by atoms with Crippen LogP contribution in [0.25, 0.3) is 0 Å². The highest BCUT2D eigenvalue weighted by Gasteiger charge is 2.26. The highest BCUT2D eigenvalue weighted by atomic mass is 31.2. The van der Waals surface area contributed by atoms with Gasteiger partial charge in [0, 0.05) is 13.0 Å². The molecule has 0 aromatic heterocycles. The van der Waals surface area contributed by atoms with Crippen molar-refractivity contribution in [2.24, 2.45) is 0 Å². The van der Waals surface area contributed by atoms with E-state index < -0.39 is 33.2 Å². The fourth-order valence-electron chi connectivity index (χ4n) is 7.80. The number of hydrogen-bond acceptors (Lipinski definition) is 8. The number of carbonyl (C=O) groups is 1. The largest absolute Gasteiger partial charge is 0.472 e. The van der Waals surface area contributed by atoms with Crippen LogP contribution < -0.4 is 0 Å². The van der Waals surface area contributed by atoms with E-state index in [0.29, 0.717) is 6.61 Å². The number of phosphoric ester groups is 1. The van der Waals surface area contributed by atoms with Gasteiger partial charge in [-0.05, 0) is 44.9 Å². The Morgan fingerprint density at radius 1 is 0.492 bits per heavy atom. The molecule has 0 aliphatic carbocycles. The molecule has 0 amide bonds. The average Bonchev–Trinajstić information content (AvgIpc) is 3.28. The maximum absolute atomic E-state index is 12.7. The van der Waals surface area contributed by atoms with Crippen LogP contribution in [-0.2, 0) is 27.9 Å². The zero-order chi connectivity index (χ0) is 46.0. The zero-order valence-electron chi connectivity index (χ0n) is 41.3. The summed E-state index contributed by atoms with van der Waals surface area (Å²) in [5, 5.41) is 18.4. The summed E-state index contributed by atoms with van der Waals surface area (Å²) in [5.74, 6) is -0.381. The Morgan fingerprint density at radius 3 is 1.27 bits per heavy atom. The molecule has 0 aromatic carbocycles. The lowest BCUT2D eigenvalue weighted by Gasteiger charge is -2.20. The van der Waals surface area contributed by atoms with Gasteiger partial charge in [0.05, 0.1) is 26.4 Å². The molecule has 0 fully saturated rings. The predicted molar refractivity (Wildman–Crippen MR) is 265 cm³/mol. The smallest absolute Gasteiger partial charge is 0.457 e. The van der Waals surface area contributed by atoms with Crippen molar-refractivity contribution in [2.75, 3.05) is 33.0 Å². The quantitative estimate of drug-likeness (QED) is 0.0236. The van der Waals surface area contributed by atoms with Crippen LogP contribution in [-0.4, -0.2) is 66.3 Å². The van der Waals surface area contributed by atoms with Crippen LogP contribution in [0.1, 0.15) is 264 Å². The van der Waals surface area contributed by atoms with Crippen molar-refractivity contribution in [1.82, 2.24) is 0 Å². The van der Waals surface area contributed by atoms with Gasteiger partial charge < -0.3 is 24.6 Å². The van der Waals surface area contributed by atoms with Gasteiger partial charge in [0.2, 0.25) is 0 Å². The van der Waals surface area contributed by atoms with E-state index in [1.54, 1.807) is 0 Å². The SMILES string of the molecule is CCCCCCC/C=C\C/C=C\CCCCCCCCCCCC(=O)OC(COCCCCCCCCCCCCCCCCCCCCCCC)COP(=O)(O)OCC(O)CO. The molecule has 0 bridgehead atoms. The molecule has 0 spiro atoms. The van der Waals surface area contributed by atoms with Gasteiger partial charge in [0.15, 0.2) is 0 Å². The number of unbranched alkanes of at least 4 members (excludes halogenated alkanes) is 34. The lowest BCUT2D eigenvalue weighted by molar-refractivity contribution is -0.154. The summed E-state index contributed by atoms with van der Waals surface area (Å²) >= 11 is 0. The lowest BCUT2D eigenvalue weighted by Crippen LogP contribution is -2.29. The van der Waals surface area contributed by atoms with Gasteiger partial charge in [0.1, 0.15) is 12.2 Å². The van der Waals surface area contributed by atoms with Crippen LogP contribution in [0.2, 0.25) is 0 Å². The Balaban J connectivity index is 4.03. The standard InChI is InChI=1S/C53H103O9P/c1-3-5-7-9-11-13-15-17-19-21-23-25-27-29-31-33-35-37-39-41-43-45-53(56)62-52(50-61-63(57,58)60-48-51(55)47-54)49-59-46-44-42-40-38-36-34-32-30-28-26-24-22-20-18-16-14-12-10-8-6-4-2/h15,17,21,23,51-52,54-55H,3-14,16,18-20,22,24-50H2,1-2H3,(H,57,58)/b17-15-,23-21-. The van der Waals surface area contributed by atoms with Gasteiger partial charge in [-0.1, -0.05) is 237 Å². The Labute approximate surface area is 389 Å². The van der Waals surface area contributed by atoms with Crippen LogP contribution >= 0.6 is 7.82 Å². The first-order valence-corrected chi connectivity index (χ1v) is 28.3. The minimum atomic E-state index is -4.52. The third-order valence-electron chi connectivity index (χ3n) is 11.9. The Morgan fingerprint density at radius 2 is 0.857 bits per heavy atom. The molecule has 0 rings (SSSR count). The lowest BCUT2D eigenvalue weighted by atomic mass is 10.0. The van der Waals surface area contributed by atoms with Crippen LogP contribution in [0.5, 0.6) is 0 Å². The first-order valence-electron chi connectivity index (χ1n) is 26.8. The molecule has 0 aliphatic rings. The van der Waals surface area contributed by atoms with E-state index in [1.165, 1.54) is 205 Å². The Hall–Kier alpha value is -1.06. The molecule has 0 heterocycles. The van der Waals surface area contributed by atoms with Crippen molar-refractivity contribution in [1.29, 1.82) is 0 Å². The van der Waals surface area contributed by atoms with Gasteiger partial charge in [-0.2, -0.15) is 0 Å². The first kappa shape index (κ1) is 61.9. The first-order chi connectivity index (χ1) is 30.8. The molecular formula is C53H103O9P. The van der Waals surface area contributed by atoms with E-state index in [-0.39, 0.29) is 25.6 Å². The molecule has 10 heteroatoms. The van der Waals surface area contributed by atoms with Gasteiger partial charge in [-0.3, -0.25) is 13.8 Å². The molecule has 0 aromatic rings. The fourth-order valence-corrected chi connectivity index (χ4v) is 8.59. The van der Waals surface area contributed by atoms with Crippen LogP contribution in [0.15, 0.2) is 24.3 Å². The van der Waals surface area contributed by atoms with Gasteiger partial charge >= 0.3 is 13.8 Å². The number of aliphatic hydroxyl groups excluding tert-OH is 2. The summed E-state index contributed by atoms with van der Waals surface area (Å²) in [7, 11) is -4.52. The zero-order valence-corrected chi connectivity index (χ0v) is 42.2. The van der Waals surface area contributed by atoms with Gasteiger partial charge in [0.25, 0.3) is 0 Å². The minimum Gasteiger partial charge on any atom is -0.457 e. The summed E-state index contributed by atoms with van der Waals surface area (Å²) in [6.45, 7) is 3.57. The highest BCUT2D eigenvalue weighted by molar-refractivity contribution is 7.47. The number of esters is 1. The normalized spacial score (nSPS) is 13.9. The summed E-state index contributed by atoms with van der Waals surface area (Å²) in [4.78, 5) is 22.7. The van der Waals surface area contributed by atoms with Crippen molar-refractivity contribution in [2.45, 2.75) is 276 Å². The van der Waals surface area contributed by atoms with E-state index in [2.05, 4.69) is 38.2 Å². The Kier molecular flexibility index (Phi) is 49.5. The maximum Gasteiger partial charge on any atom is 0.472 e. The van der Waals surface area contributed by atoms with Crippen molar-refractivity contribution >= 4 is 13.8 Å². The number of phosphoric acid groups is 1. The number of carbonyl (C=O) groups excluding carboxylic acids is 1. The monoisotopic (exact) mass is 915 g/mol. The van der Waals surface area contributed by atoms with E-state index in [1.807, 2.05) is 0 Å². The predicted octanol–water partition coefficient (Wildman–Crippen LogP) is 15.8. The third kappa shape index (κ3) is 50.2. The average molecular weight is 915 g/mol. The molecule has 0 radical (unpaired) electrons. The molecule has 9 nitrogen and oxygen atoms in total. The summed E-state index contributed by atoms with van der Waals surface area (Å²) in [6, 6.07) is 0. The van der Waals surface area contributed by atoms with Gasteiger partial charge in [-0.25, -0.2) is 4.57 Å². The number of rotatable bonds is 52. The molecule has 0 saturated heterocycles. The second kappa shape index (κ2) is 50.4. The van der Waals surface area contributed by atoms with Crippen LogP contribution in [0.4, 0.5) is 0 Å². The summed E-state index contributed by atoms with van der Waals surface area (Å²) in [5.41, 5.74) is 0. The van der Waals surface area contributed by atoms with Crippen LogP contribution in [0, 0.1) is 0 Å².